The molecule has 1 aliphatic rings. The van der Waals surface area contributed by atoms with Gasteiger partial charge >= 0.3 is 0 Å². The van der Waals surface area contributed by atoms with Crippen LogP contribution in [0.15, 0.2) is 54.6 Å². The van der Waals surface area contributed by atoms with Gasteiger partial charge in [-0.2, -0.15) is 0 Å². The van der Waals surface area contributed by atoms with Gasteiger partial charge < -0.3 is 4.90 Å². The van der Waals surface area contributed by atoms with Gasteiger partial charge in [0.15, 0.2) is 11.6 Å². The van der Waals surface area contributed by atoms with Crippen LogP contribution < -0.4 is 9.80 Å². The van der Waals surface area contributed by atoms with Gasteiger partial charge in [0.25, 0.3) is 5.91 Å². The van der Waals surface area contributed by atoms with Crippen molar-refractivity contribution in [2.24, 2.45) is 0 Å². The number of carbonyl (C=O) groups excluding carboxylic acids is 1. The van der Waals surface area contributed by atoms with Crippen LogP contribution in [0.2, 0.25) is 0 Å². The van der Waals surface area contributed by atoms with Gasteiger partial charge in [0.2, 0.25) is 0 Å². The minimum atomic E-state index is -0.360. The highest BCUT2D eigenvalue weighted by Gasteiger charge is 2.27. The van der Waals surface area contributed by atoms with Crippen LogP contribution in [-0.4, -0.2) is 36.0 Å². The van der Waals surface area contributed by atoms with Crippen LogP contribution >= 0.6 is 0 Å². The zero-order valence-electron chi connectivity index (χ0n) is 14.3. The Labute approximate surface area is 150 Å². The van der Waals surface area contributed by atoms with Gasteiger partial charge in [0, 0.05) is 31.8 Å². The van der Waals surface area contributed by atoms with Crippen LogP contribution in [0.3, 0.4) is 0 Å². The van der Waals surface area contributed by atoms with Crippen molar-refractivity contribution in [1.82, 2.24) is 9.97 Å². The molecule has 1 aromatic heterocycles. The summed E-state index contributed by atoms with van der Waals surface area (Å²) >= 11 is 0. The van der Waals surface area contributed by atoms with E-state index in [9.17, 15) is 9.18 Å². The maximum atomic E-state index is 13.7. The monoisotopic (exact) mass is 348 g/mol. The smallest absolute Gasteiger partial charge is 0.252 e. The maximum Gasteiger partial charge on any atom is 0.252 e. The average Bonchev–Trinajstić information content (AvgIpc) is 2.66. The van der Waals surface area contributed by atoms with E-state index in [0.717, 1.165) is 11.0 Å². The number of nitrogens with zero attached hydrogens (tertiary/aromatic N) is 4. The first kappa shape index (κ1) is 16.2. The van der Waals surface area contributed by atoms with E-state index in [1.54, 1.807) is 23.1 Å². The number of fused-ring (bicyclic) bond motifs is 2. The lowest BCUT2D eigenvalue weighted by atomic mass is 10.2. The summed E-state index contributed by atoms with van der Waals surface area (Å²) in [5.41, 5.74) is 1.89. The number of para-hydroxylation sites is 2. The van der Waals surface area contributed by atoms with E-state index in [0.29, 0.717) is 30.3 Å². The number of aromatic nitrogens is 2. The molecule has 5 nitrogen and oxygen atoms in total. The van der Waals surface area contributed by atoms with E-state index >= 15 is 0 Å². The molecule has 0 saturated heterocycles. The third kappa shape index (κ3) is 2.90. The number of anilines is 2. The molecule has 0 spiro atoms. The third-order valence-corrected chi connectivity index (χ3v) is 4.39. The van der Waals surface area contributed by atoms with Gasteiger partial charge in [-0.15, -0.1) is 0 Å². The zero-order chi connectivity index (χ0) is 18.1. The van der Waals surface area contributed by atoms with Crippen molar-refractivity contribution in [3.63, 3.8) is 0 Å². The highest BCUT2D eigenvalue weighted by molar-refractivity contribution is 6.05. The quantitative estimate of drug-likeness (QED) is 0.667. The van der Waals surface area contributed by atoms with Crippen molar-refractivity contribution in [2.45, 2.75) is 0 Å². The molecule has 0 unspecified atom stereocenters. The Bertz CT molecular complexity index is 1020. The van der Waals surface area contributed by atoms with Gasteiger partial charge in [-0.25, -0.2) is 14.4 Å². The van der Waals surface area contributed by atoms with Crippen LogP contribution in [0.25, 0.3) is 17.1 Å². The Hall–Kier alpha value is -3.28. The van der Waals surface area contributed by atoms with Crippen molar-refractivity contribution in [3.8, 4) is 0 Å². The number of hydrogen-bond donors (Lipinski definition) is 0. The second-order valence-electron chi connectivity index (χ2n) is 6.13. The van der Waals surface area contributed by atoms with Crippen molar-refractivity contribution >= 4 is 34.7 Å². The maximum absolute atomic E-state index is 13.7. The molecule has 0 radical (unpaired) electrons. The lowest BCUT2D eigenvalue weighted by molar-refractivity contribution is -0.114. The van der Waals surface area contributed by atoms with Crippen molar-refractivity contribution in [3.05, 3.63) is 66.0 Å². The zero-order valence-corrected chi connectivity index (χ0v) is 14.3. The van der Waals surface area contributed by atoms with E-state index in [-0.39, 0.29) is 11.7 Å². The second kappa shape index (κ2) is 6.55. The molecule has 0 saturated carbocycles. The van der Waals surface area contributed by atoms with Gasteiger partial charge in [0.05, 0.1) is 11.0 Å². The Morgan fingerprint density at radius 1 is 1.00 bits per heavy atom. The molecule has 0 N–H and O–H groups in total. The molecule has 3 aromatic rings. The van der Waals surface area contributed by atoms with E-state index in [1.807, 2.05) is 36.2 Å². The number of amides is 1. The average molecular weight is 348 g/mol. The lowest BCUT2D eigenvalue weighted by Crippen LogP contribution is -2.43. The summed E-state index contributed by atoms with van der Waals surface area (Å²) in [7, 11) is 1.93. The number of hydrogen-bond acceptors (Lipinski definition) is 4. The van der Waals surface area contributed by atoms with Crippen LogP contribution in [0.1, 0.15) is 5.56 Å². The highest BCUT2D eigenvalue weighted by Crippen LogP contribution is 2.30. The van der Waals surface area contributed by atoms with Crippen LogP contribution in [-0.2, 0) is 4.79 Å². The van der Waals surface area contributed by atoms with Crippen molar-refractivity contribution < 1.29 is 9.18 Å². The highest BCUT2D eigenvalue weighted by atomic mass is 19.1. The van der Waals surface area contributed by atoms with Crippen molar-refractivity contribution in [1.29, 1.82) is 0 Å². The number of halogens is 1. The summed E-state index contributed by atoms with van der Waals surface area (Å²) in [6.45, 7) is 1.15. The first-order chi connectivity index (χ1) is 12.6. The molecule has 0 fully saturated rings. The molecule has 2 aromatic carbocycles. The Kier molecular flexibility index (Phi) is 4.08. The Morgan fingerprint density at radius 2 is 1.65 bits per heavy atom. The standard InChI is InChI=1S/C20H17FN4O/c1-24-12-13-25(18(26)11-10-14-6-2-3-7-15(14)21)20-19(24)22-16-8-4-5-9-17(16)23-20/h2-11H,12-13H2,1H3/b11-10-. The minimum absolute atomic E-state index is 0.243. The van der Waals surface area contributed by atoms with Crippen LogP contribution in [0.4, 0.5) is 16.0 Å². The largest absolute Gasteiger partial charge is 0.355 e. The molecule has 6 heteroatoms. The topological polar surface area (TPSA) is 49.3 Å². The first-order valence-electron chi connectivity index (χ1n) is 8.35. The summed E-state index contributed by atoms with van der Waals surface area (Å²) in [4.78, 5) is 25.6. The molecular weight excluding hydrogens is 331 g/mol. The van der Waals surface area contributed by atoms with Gasteiger partial charge in [-0.05, 0) is 24.3 Å². The van der Waals surface area contributed by atoms with Gasteiger partial charge in [-0.1, -0.05) is 30.3 Å². The normalized spacial score (nSPS) is 14.1. The van der Waals surface area contributed by atoms with E-state index in [2.05, 4.69) is 9.97 Å². The number of benzene rings is 2. The molecule has 0 atom stereocenters. The number of likely N-dealkylation sites (N-methyl/N-ethyl adjacent to an activating group) is 1. The molecule has 0 bridgehead atoms. The summed E-state index contributed by atoms with van der Waals surface area (Å²) in [5.74, 6) is 0.594. The molecule has 2 heterocycles. The summed E-state index contributed by atoms with van der Waals surface area (Å²) in [6, 6.07) is 13.9. The summed E-state index contributed by atoms with van der Waals surface area (Å²) < 4.78 is 13.7. The fourth-order valence-corrected chi connectivity index (χ4v) is 2.96. The number of rotatable bonds is 2. The molecule has 0 aliphatic carbocycles. The van der Waals surface area contributed by atoms with Gasteiger partial charge in [-0.3, -0.25) is 9.69 Å². The lowest BCUT2D eigenvalue weighted by Gasteiger charge is -2.33. The van der Waals surface area contributed by atoms with E-state index < -0.39 is 0 Å². The minimum Gasteiger partial charge on any atom is -0.355 e. The van der Waals surface area contributed by atoms with Crippen LogP contribution in [0.5, 0.6) is 0 Å². The Morgan fingerprint density at radius 3 is 2.38 bits per heavy atom. The number of carbonyl (C=O) groups is 1. The molecule has 130 valence electrons. The van der Waals surface area contributed by atoms with Crippen molar-refractivity contribution in [2.75, 3.05) is 29.9 Å². The molecule has 26 heavy (non-hydrogen) atoms. The molecule has 4 rings (SSSR count). The molecule has 1 aliphatic heterocycles. The fraction of sp³-hybridized carbons (Fsp3) is 0.150. The summed E-state index contributed by atoms with van der Waals surface area (Å²) in [6.07, 6.45) is 2.87. The molecular formula is C20H17FN4O. The summed E-state index contributed by atoms with van der Waals surface area (Å²) in [5, 5.41) is 0. The third-order valence-electron chi connectivity index (χ3n) is 4.39. The van der Waals surface area contributed by atoms with E-state index in [1.165, 1.54) is 18.2 Å². The van der Waals surface area contributed by atoms with Gasteiger partial charge in [0.1, 0.15) is 5.82 Å². The van der Waals surface area contributed by atoms with Crippen LogP contribution in [0, 0.1) is 5.82 Å². The molecule has 1 amide bonds. The SMILES string of the molecule is CN1CCN(C(=O)/C=C\c2ccccc2F)c2nc3ccccc3nc21. The first-order valence-corrected chi connectivity index (χ1v) is 8.35. The fourth-order valence-electron chi connectivity index (χ4n) is 2.96. The predicted molar refractivity (Wildman–Crippen MR) is 101 cm³/mol. The second-order valence-corrected chi connectivity index (χ2v) is 6.13. The Balaban J connectivity index is 1.70. The van der Waals surface area contributed by atoms with E-state index in [4.69, 9.17) is 0 Å². The predicted octanol–water partition coefficient (Wildman–Crippen LogP) is 3.27.